The Morgan fingerprint density at radius 2 is 1.83 bits per heavy atom. The lowest BCUT2D eigenvalue weighted by Crippen LogP contribution is -2.47. The van der Waals surface area contributed by atoms with Crippen molar-refractivity contribution >= 4 is 21.8 Å². The van der Waals surface area contributed by atoms with Crippen LogP contribution < -0.4 is 0 Å². The minimum atomic E-state index is 0.281. The van der Waals surface area contributed by atoms with Gasteiger partial charge in [0.2, 0.25) is 5.91 Å². The molecule has 2 aliphatic heterocycles. The van der Waals surface area contributed by atoms with Crippen molar-refractivity contribution in [3.63, 3.8) is 0 Å². The van der Waals surface area contributed by atoms with E-state index in [1.807, 2.05) is 43.0 Å². The maximum atomic E-state index is 12.8. The molecule has 2 bridgehead atoms. The number of nitrogens with zero attached hydrogens (tertiary/aromatic N) is 3. The molecule has 2 fully saturated rings. The SMILES string of the molecule is O=C(Cc1ccc(Br)cc1)N1C2CCC1CC(n1ccnc1)C2. The molecule has 0 radical (unpaired) electrons. The van der Waals surface area contributed by atoms with Crippen molar-refractivity contribution in [1.29, 1.82) is 0 Å². The summed E-state index contributed by atoms with van der Waals surface area (Å²) < 4.78 is 3.26. The summed E-state index contributed by atoms with van der Waals surface area (Å²) in [6, 6.07) is 9.34. The number of hydrogen-bond donors (Lipinski definition) is 0. The monoisotopic (exact) mass is 373 g/mol. The predicted octanol–water partition coefficient (Wildman–Crippen LogP) is 3.58. The molecule has 0 saturated carbocycles. The normalized spacial score (nSPS) is 26.5. The summed E-state index contributed by atoms with van der Waals surface area (Å²) in [5, 5.41) is 0. The zero-order chi connectivity index (χ0) is 15.8. The molecule has 2 unspecified atom stereocenters. The molecule has 4 nitrogen and oxygen atoms in total. The standard InChI is InChI=1S/C18H20BrN3O/c19-14-3-1-13(2-4-14)9-18(23)22-15-5-6-16(22)11-17(10-15)21-8-7-20-12-21/h1-4,7-8,12,15-17H,5-6,9-11H2. The van der Waals surface area contributed by atoms with Crippen LogP contribution >= 0.6 is 15.9 Å². The second-order valence-corrected chi connectivity index (χ2v) is 7.54. The number of aromatic nitrogens is 2. The summed E-state index contributed by atoms with van der Waals surface area (Å²) in [7, 11) is 0. The van der Waals surface area contributed by atoms with Crippen LogP contribution in [-0.2, 0) is 11.2 Å². The van der Waals surface area contributed by atoms with Crippen LogP contribution in [-0.4, -0.2) is 32.4 Å². The number of rotatable bonds is 3. The molecule has 3 heterocycles. The highest BCUT2D eigenvalue weighted by atomic mass is 79.9. The molecule has 2 atom stereocenters. The molecule has 120 valence electrons. The van der Waals surface area contributed by atoms with Gasteiger partial charge in [-0.15, -0.1) is 0 Å². The number of imidazole rings is 1. The zero-order valence-corrected chi connectivity index (χ0v) is 14.5. The van der Waals surface area contributed by atoms with E-state index in [0.29, 0.717) is 24.5 Å². The summed E-state index contributed by atoms with van der Waals surface area (Å²) in [5.41, 5.74) is 1.09. The van der Waals surface area contributed by atoms with Crippen molar-refractivity contribution in [3.05, 3.63) is 53.0 Å². The van der Waals surface area contributed by atoms with Crippen LogP contribution in [0.4, 0.5) is 0 Å². The number of halogens is 1. The van der Waals surface area contributed by atoms with Gasteiger partial charge in [-0.1, -0.05) is 28.1 Å². The van der Waals surface area contributed by atoms with Crippen molar-refractivity contribution in [3.8, 4) is 0 Å². The number of amides is 1. The Morgan fingerprint density at radius 1 is 1.13 bits per heavy atom. The van der Waals surface area contributed by atoms with Crippen LogP contribution in [0.3, 0.4) is 0 Å². The molecular weight excluding hydrogens is 354 g/mol. The lowest BCUT2D eigenvalue weighted by Gasteiger charge is -2.39. The first kappa shape index (κ1) is 14.9. The third-order valence-corrected chi connectivity index (χ3v) is 5.74. The molecule has 1 amide bonds. The molecule has 0 spiro atoms. The number of carbonyl (C=O) groups is 1. The maximum absolute atomic E-state index is 12.8. The van der Waals surface area contributed by atoms with Crippen molar-refractivity contribution in [1.82, 2.24) is 14.5 Å². The van der Waals surface area contributed by atoms with Gasteiger partial charge < -0.3 is 9.47 Å². The Labute approximate surface area is 144 Å². The van der Waals surface area contributed by atoms with Gasteiger partial charge in [0.25, 0.3) is 0 Å². The van der Waals surface area contributed by atoms with Gasteiger partial charge in [0.15, 0.2) is 0 Å². The maximum Gasteiger partial charge on any atom is 0.227 e. The van der Waals surface area contributed by atoms with E-state index >= 15 is 0 Å². The molecule has 0 aliphatic carbocycles. The second-order valence-electron chi connectivity index (χ2n) is 6.62. The van der Waals surface area contributed by atoms with Crippen molar-refractivity contribution in [2.45, 2.75) is 50.2 Å². The minimum Gasteiger partial charge on any atom is -0.336 e. The fourth-order valence-electron chi connectivity index (χ4n) is 4.15. The van der Waals surface area contributed by atoms with E-state index < -0.39 is 0 Å². The van der Waals surface area contributed by atoms with E-state index in [0.717, 1.165) is 35.7 Å². The number of piperidine rings is 1. The highest BCUT2D eigenvalue weighted by molar-refractivity contribution is 9.10. The van der Waals surface area contributed by atoms with E-state index in [1.165, 1.54) is 0 Å². The topological polar surface area (TPSA) is 38.1 Å². The Hall–Kier alpha value is -1.62. The third kappa shape index (κ3) is 2.94. The fraction of sp³-hybridized carbons (Fsp3) is 0.444. The van der Waals surface area contributed by atoms with E-state index in [1.54, 1.807) is 0 Å². The van der Waals surface area contributed by atoms with Gasteiger partial charge in [-0.25, -0.2) is 4.98 Å². The summed E-state index contributed by atoms with van der Waals surface area (Å²) in [6.45, 7) is 0. The van der Waals surface area contributed by atoms with Gasteiger partial charge in [-0.3, -0.25) is 4.79 Å². The van der Waals surface area contributed by atoms with Crippen molar-refractivity contribution < 1.29 is 4.79 Å². The fourth-order valence-corrected chi connectivity index (χ4v) is 4.42. The van der Waals surface area contributed by atoms with Crippen LogP contribution in [0, 0.1) is 0 Å². The molecule has 1 aromatic heterocycles. The molecule has 2 aromatic rings. The Morgan fingerprint density at radius 3 is 2.43 bits per heavy atom. The predicted molar refractivity (Wildman–Crippen MR) is 92.0 cm³/mol. The van der Waals surface area contributed by atoms with Crippen LogP contribution in [0.1, 0.15) is 37.3 Å². The van der Waals surface area contributed by atoms with E-state index in [2.05, 4.69) is 30.4 Å². The lowest BCUT2D eigenvalue weighted by molar-refractivity contribution is -0.135. The first-order chi connectivity index (χ1) is 11.2. The van der Waals surface area contributed by atoms with Gasteiger partial charge in [0, 0.05) is 35.0 Å². The average Bonchev–Trinajstić information content (AvgIpc) is 3.16. The second kappa shape index (κ2) is 6.11. The van der Waals surface area contributed by atoms with Gasteiger partial charge >= 0.3 is 0 Å². The number of hydrogen-bond acceptors (Lipinski definition) is 2. The lowest BCUT2D eigenvalue weighted by atomic mass is 9.96. The summed E-state index contributed by atoms with van der Waals surface area (Å²) in [4.78, 5) is 19.1. The van der Waals surface area contributed by atoms with E-state index in [4.69, 9.17) is 0 Å². The Kier molecular flexibility index (Phi) is 3.97. The van der Waals surface area contributed by atoms with E-state index in [-0.39, 0.29) is 5.91 Å². The molecular formula is C18H20BrN3O. The Balaban J connectivity index is 1.46. The van der Waals surface area contributed by atoms with Gasteiger partial charge in [0.1, 0.15) is 0 Å². The quantitative estimate of drug-likeness (QED) is 0.824. The molecule has 1 aromatic carbocycles. The first-order valence-corrected chi connectivity index (χ1v) is 9.03. The van der Waals surface area contributed by atoms with Gasteiger partial charge in [-0.2, -0.15) is 0 Å². The van der Waals surface area contributed by atoms with Crippen molar-refractivity contribution in [2.24, 2.45) is 0 Å². The van der Waals surface area contributed by atoms with Gasteiger partial charge in [0.05, 0.1) is 12.7 Å². The number of fused-ring (bicyclic) bond motifs is 2. The van der Waals surface area contributed by atoms with Crippen LogP contribution in [0.25, 0.3) is 0 Å². The average molecular weight is 374 g/mol. The van der Waals surface area contributed by atoms with Crippen LogP contribution in [0.15, 0.2) is 47.5 Å². The summed E-state index contributed by atoms with van der Waals surface area (Å²) in [6.07, 6.45) is 10.7. The highest BCUT2D eigenvalue weighted by Gasteiger charge is 2.43. The van der Waals surface area contributed by atoms with E-state index in [9.17, 15) is 4.79 Å². The third-order valence-electron chi connectivity index (χ3n) is 5.21. The Bertz CT molecular complexity index is 669. The molecule has 0 N–H and O–H groups in total. The largest absolute Gasteiger partial charge is 0.336 e. The first-order valence-electron chi connectivity index (χ1n) is 8.24. The minimum absolute atomic E-state index is 0.281. The number of carbonyl (C=O) groups excluding carboxylic acids is 1. The van der Waals surface area contributed by atoms with Crippen LogP contribution in [0.2, 0.25) is 0 Å². The number of benzene rings is 1. The smallest absolute Gasteiger partial charge is 0.227 e. The van der Waals surface area contributed by atoms with Crippen LogP contribution in [0.5, 0.6) is 0 Å². The molecule has 2 saturated heterocycles. The molecule has 4 rings (SSSR count). The molecule has 5 heteroatoms. The molecule has 2 aliphatic rings. The highest BCUT2D eigenvalue weighted by Crippen LogP contribution is 2.41. The summed E-state index contributed by atoms with van der Waals surface area (Å²) >= 11 is 3.44. The van der Waals surface area contributed by atoms with Crippen molar-refractivity contribution in [2.75, 3.05) is 0 Å². The molecule has 23 heavy (non-hydrogen) atoms. The van der Waals surface area contributed by atoms with Gasteiger partial charge in [-0.05, 0) is 43.4 Å². The zero-order valence-electron chi connectivity index (χ0n) is 12.9. The summed E-state index contributed by atoms with van der Waals surface area (Å²) in [5.74, 6) is 0.281.